The number of nitrogens with one attached hydrogen (secondary N) is 1. The van der Waals surface area contributed by atoms with Crippen LogP contribution in [0.15, 0.2) is 56.8 Å². The average molecular weight is 452 g/mol. The number of ether oxygens (including phenoxy) is 2. The largest absolute Gasteiger partial charge is 0.459 e. The number of hydrogen-bond acceptors (Lipinski definition) is 7. The van der Waals surface area contributed by atoms with Gasteiger partial charge >= 0.3 is 5.69 Å². The lowest BCUT2D eigenvalue weighted by molar-refractivity contribution is 0.0516. The van der Waals surface area contributed by atoms with Crippen LogP contribution in [0.1, 0.15) is 26.5 Å². The molecule has 0 radical (unpaired) electrons. The number of aromatic nitrogens is 2. The predicted octanol–water partition coefficient (Wildman–Crippen LogP) is 0.505. The van der Waals surface area contributed by atoms with Crippen molar-refractivity contribution in [3.05, 3.63) is 80.5 Å². The van der Waals surface area contributed by atoms with Crippen LogP contribution in [0.4, 0.5) is 0 Å². The first-order valence-corrected chi connectivity index (χ1v) is 10.3. The Morgan fingerprint density at radius 2 is 1.67 bits per heavy atom. The van der Waals surface area contributed by atoms with Crippen LogP contribution in [0.3, 0.4) is 0 Å². The zero-order chi connectivity index (χ0) is 22.9. The summed E-state index contributed by atoms with van der Waals surface area (Å²) in [5.41, 5.74) is -0.791. The molecule has 0 aliphatic carbocycles. The fraction of sp³-hybridized carbons (Fsp3) is 0.273. The lowest BCUT2D eigenvalue weighted by Gasteiger charge is -2.34. The molecule has 2 aromatic heterocycles. The lowest BCUT2D eigenvalue weighted by atomic mass is 10.2. The number of fused-ring (bicyclic) bond motifs is 1. The Hall–Kier alpha value is -4.28. The summed E-state index contributed by atoms with van der Waals surface area (Å²) in [7, 11) is 0. The van der Waals surface area contributed by atoms with Crippen LogP contribution in [0.2, 0.25) is 0 Å². The van der Waals surface area contributed by atoms with Crippen molar-refractivity contribution in [2.24, 2.45) is 0 Å². The molecule has 2 amide bonds. The van der Waals surface area contributed by atoms with E-state index in [4.69, 9.17) is 13.9 Å². The van der Waals surface area contributed by atoms with Crippen LogP contribution in [0, 0.1) is 0 Å². The van der Waals surface area contributed by atoms with Crippen molar-refractivity contribution in [3.63, 3.8) is 0 Å². The third-order valence-electron chi connectivity index (χ3n) is 5.65. The topological polar surface area (TPSA) is 127 Å². The number of rotatable bonds is 4. The quantitative estimate of drug-likeness (QED) is 0.611. The highest BCUT2D eigenvalue weighted by molar-refractivity contribution is 5.94. The van der Waals surface area contributed by atoms with E-state index >= 15 is 0 Å². The molecule has 0 spiro atoms. The second kappa shape index (κ2) is 8.34. The zero-order valence-corrected chi connectivity index (χ0v) is 17.5. The Balaban J connectivity index is 1.32. The molecule has 0 unspecified atom stereocenters. The van der Waals surface area contributed by atoms with Crippen LogP contribution in [0.25, 0.3) is 0 Å². The Morgan fingerprint density at radius 3 is 2.39 bits per heavy atom. The van der Waals surface area contributed by atoms with Gasteiger partial charge in [-0.1, -0.05) is 6.07 Å². The van der Waals surface area contributed by atoms with E-state index in [-0.39, 0.29) is 43.7 Å². The molecular formula is C22H20N4O7. The summed E-state index contributed by atoms with van der Waals surface area (Å²) in [5, 5.41) is 0. The molecule has 3 aromatic rings. The second-order valence-electron chi connectivity index (χ2n) is 7.65. The van der Waals surface area contributed by atoms with E-state index < -0.39 is 17.2 Å². The maximum Gasteiger partial charge on any atom is 0.328 e. The third kappa shape index (κ3) is 3.88. The van der Waals surface area contributed by atoms with Gasteiger partial charge in [0.15, 0.2) is 17.3 Å². The lowest BCUT2D eigenvalue weighted by Crippen LogP contribution is -2.52. The molecule has 33 heavy (non-hydrogen) atoms. The van der Waals surface area contributed by atoms with Crippen LogP contribution >= 0.6 is 0 Å². The molecule has 1 N–H and O–H groups in total. The van der Waals surface area contributed by atoms with Gasteiger partial charge in [-0.2, -0.15) is 0 Å². The van der Waals surface area contributed by atoms with Gasteiger partial charge in [0.25, 0.3) is 17.4 Å². The van der Waals surface area contributed by atoms with Crippen molar-refractivity contribution >= 4 is 11.8 Å². The van der Waals surface area contributed by atoms with E-state index in [0.29, 0.717) is 30.2 Å². The van der Waals surface area contributed by atoms with E-state index in [1.54, 1.807) is 35.2 Å². The van der Waals surface area contributed by atoms with Crippen molar-refractivity contribution in [2.75, 3.05) is 33.0 Å². The third-order valence-corrected chi connectivity index (χ3v) is 5.65. The second-order valence-corrected chi connectivity index (χ2v) is 7.65. The number of furan rings is 1. The number of benzene rings is 1. The molecule has 1 saturated heterocycles. The van der Waals surface area contributed by atoms with Gasteiger partial charge in [-0.3, -0.25) is 19.0 Å². The summed E-state index contributed by atoms with van der Waals surface area (Å²) in [6, 6.07) is 8.34. The van der Waals surface area contributed by atoms with E-state index in [0.717, 1.165) is 10.8 Å². The van der Waals surface area contributed by atoms with Crippen molar-refractivity contribution in [2.45, 2.75) is 6.54 Å². The standard InChI is InChI=1S/C22H20N4O7/c27-19(24-5-7-25(8-6-24)21(29)17-2-1-9-31-17)15-11-23-22(30)26(20(15)28)12-14-3-4-16-18(10-14)33-13-32-16/h1-4,9-11H,5-8,12-13H2,(H,23,30). The molecular weight excluding hydrogens is 432 g/mol. The molecule has 0 saturated carbocycles. The minimum absolute atomic E-state index is 0.0304. The first-order valence-electron chi connectivity index (χ1n) is 10.3. The van der Waals surface area contributed by atoms with Gasteiger partial charge in [0.05, 0.1) is 12.8 Å². The Bertz CT molecular complexity index is 1320. The van der Waals surface area contributed by atoms with Gasteiger partial charge in [-0.15, -0.1) is 0 Å². The highest BCUT2D eigenvalue weighted by atomic mass is 16.7. The number of amides is 2. The summed E-state index contributed by atoms with van der Waals surface area (Å²) in [6.07, 6.45) is 2.57. The van der Waals surface area contributed by atoms with Gasteiger partial charge in [0.2, 0.25) is 6.79 Å². The molecule has 2 aliphatic heterocycles. The number of H-pyrrole nitrogens is 1. The zero-order valence-electron chi connectivity index (χ0n) is 17.5. The maximum atomic E-state index is 13.0. The maximum absolute atomic E-state index is 13.0. The van der Waals surface area contributed by atoms with Gasteiger partial charge in [-0.05, 0) is 29.8 Å². The number of nitrogens with zero attached hydrogens (tertiary/aromatic N) is 3. The van der Waals surface area contributed by atoms with Gasteiger partial charge in [0, 0.05) is 32.4 Å². The smallest absolute Gasteiger partial charge is 0.328 e. The molecule has 4 heterocycles. The Morgan fingerprint density at radius 1 is 0.939 bits per heavy atom. The number of piperazine rings is 1. The average Bonchev–Trinajstić information content (AvgIpc) is 3.53. The van der Waals surface area contributed by atoms with Crippen LogP contribution in [-0.4, -0.2) is 64.1 Å². The molecule has 170 valence electrons. The van der Waals surface area contributed by atoms with Crippen molar-refractivity contribution in [1.82, 2.24) is 19.4 Å². The molecule has 11 nitrogen and oxygen atoms in total. The first-order chi connectivity index (χ1) is 16.0. The Kier molecular flexibility index (Phi) is 5.21. The molecule has 5 rings (SSSR count). The van der Waals surface area contributed by atoms with Crippen LogP contribution in [-0.2, 0) is 6.54 Å². The minimum Gasteiger partial charge on any atom is -0.459 e. The highest BCUT2D eigenvalue weighted by Crippen LogP contribution is 2.32. The number of hydrogen-bond donors (Lipinski definition) is 1. The van der Waals surface area contributed by atoms with Crippen LogP contribution < -0.4 is 20.7 Å². The SMILES string of the molecule is O=C(c1ccco1)N1CCN(C(=O)c2c[nH]c(=O)n(Cc3ccc4c(c3)OCO4)c2=O)CC1. The number of aromatic amines is 1. The van der Waals surface area contributed by atoms with Gasteiger partial charge in [0.1, 0.15) is 5.56 Å². The number of carbonyl (C=O) groups excluding carboxylic acids is 2. The molecule has 11 heteroatoms. The van der Waals surface area contributed by atoms with Crippen molar-refractivity contribution < 1.29 is 23.5 Å². The molecule has 1 aromatic carbocycles. The molecule has 1 fully saturated rings. The normalized spacial score (nSPS) is 15.0. The van der Waals surface area contributed by atoms with E-state index in [1.807, 2.05) is 0 Å². The molecule has 0 atom stereocenters. The van der Waals surface area contributed by atoms with Gasteiger partial charge in [-0.25, -0.2) is 4.79 Å². The molecule has 0 bridgehead atoms. The van der Waals surface area contributed by atoms with Crippen LogP contribution in [0.5, 0.6) is 11.5 Å². The summed E-state index contributed by atoms with van der Waals surface area (Å²) in [5.74, 6) is 0.615. The summed E-state index contributed by atoms with van der Waals surface area (Å²) in [6.45, 7) is 1.21. The predicted molar refractivity (Wildman–Crippen MR) is 114 cm³/mol. The summed E-state index contributed by atoms with van der Waals surface area (Å²) < 4.78 is 16.7. The number of carbonyl (C=O) groups is 2. The van der Waals surface area contributed by atoms with E-state index in [9.17, 15) is 19.2 Å². The fourth-order valence-electron chi connectivity index (χ4n) is 3.87. The first kappa shape index (κ1) is 20.6. The van der Waals surface area contributed by atoms with E-state index in [1.165, 1.54) is 11.2 Å². The summed E-state index contributed by atoms with van der Waals surface area (Å²) in [4.78, 5) is 56.3. The monoisotopic (exact) mass is 452 g/mol. The van der Waals surface area contributed by atoms with Crippen molar-refractivity contribution in [1.29, 1.82) is 0 Å². The summed E-state index contributed by atoms with van der Waals surface area (Å²) >= 11 is 0. The highest BCUT2D eigenvalue weighted by Gasteiger charge is 2.28. The molecule has 2 aliphatic rings. The van der Waals surface area contributed by atoms with E-state index in [2.05, 4.69) is 4.98 Å². The Labute approximate surface area is 186 Å². The van der Waals surface area contributed by atoms with Gasteiger partial charge < -0.3 is 28.7 Å². The van der Waals surface area contributed by atoms with Crippen molar-refractivity contribution in [3.8, 4) is 11.5 Å². The fourth-order valence-corrected chi connectivity index (χ4v) is 3.87. The minimum atomic E-state index is -0.685.